The number of nitrogens with one attached hydrogen (secondary N) is 2. The zero-order chi connectivity index (χ0) is 24.2. The van der Waals surface area contributed by atoms with Gasteiger partial charge in [0.05, 0.1) is 17.5 Å². The van der Waals surface area contributed by atoms with Crippen molar-refractivity contribution in [1.29, 1.82) is 0 Å². The lowest BCUT2D eigenvalue weighted by Crippen LogP contribution is -2.20. The summed E-state index contributed by atoms with van der Waals surface area (Å²) in [4.78, 5) is 16.7. The highest BCUT2D eigenvalue weighted by molar-refractivity contribution is 6.00. The van der Waals surface area contributed by atoms with Crippen LogP contribution in [0.4, 0.5) is 29.3 Å². The van der Waals surface area contributed by atoms with Crippen molar-refractivity contribution >= 4 is 17.4 Å². The van der Waals surface area contributed by atoms with E-state index in [0.29, 0.717) is 28.8 Å². The van der Waals surface area contributed by atoms with Crippen molar-refractivity contribution in [3.05, 3.63) is 84.2 Å². The summed E-state index contributed by atoms with van der Waals surface area (Å²) >= 11 is 0. The summed E-state index contributed by atoms with van der Waals surface area (Å²) in [5, 5.41) is 9.29. The Bertz CT molecular complexity index is 1340. The number of nitrogens with zero attached hydrogens (tertiary/aromatic N) is 3. The molecule has 10 heteroatoms. The van der Waals surface area contributed by atoms with Gasteiger partial charge in [-0.1, -0.05) is 18.2 Å². The molecule has 4 rings (SSSR count). The Morgan fingerprint density at radius 3 is 2.44 bits per heavy atom. The Balaban J connectivity index is 1.62. The summed E-state index contributed by atoms with van der Waals surface area (Å²) in [6, 6.07) is 14.7. The standard InChI is InChI=1S/C24H20F3N5O2/c1-14(2)34-24-30-22(15-5-3-6-16(25)11-15)32(31-24)19-8-4-7-18(13-19)28-23(33)29-21-10-9-17(26)12-20(21)27/h3-14H,1-2H3,(H2,28,29,33). The Morgan fingerprint density at radius 1 is 0.941 bits per heavy atom. The van der Waals surface area contributed by atoms with Gasteiger partial charge in [-0.05, 0) is 56.3 Å². The zero-order valence-electron chi connectivity index (χ0n) is 18.2. The fraction of sp³-hybridized carbons (Fsp3) is 0.125. The molecule has 0 bridgehead atoms. The number of hydrogen-bond acceptors (Lipinski definition) is 4. The zero-order valence-corrected chi connectivity index (χ0v) is 18.2. The first-order valence-electron chi connectivity index (χ1n) is 10.3. The lowest BCUT2D eigenvalue weighted by atomic mass is 10.2. The maximum absolute atomic E-state index is 13.9. The average molecular weight is 467 g/mol. The first kappa shape index (κ1) is 22.8. The van der Waals surface area contributed by atoms with Gasteiger partial charge in [0, 0.05) is 17.3 Å². The van der Waals surface area contributed by atoms with Gasteiger partial charge in [0.2, 0.25) is 0 Å². The molecule has 0 saturated heterocycles. The number of ether oxygens (including phenoxy) is 1. The van der Waals surface area contributed by atoms with Crippen LogP contribution in [-0.2, 0) is 0 Å². The minimum Gasteiger partial charge on any atom is -0.460 e. The van der Waals surface area contributed by atoms with Gasteiger partial charge in [0.25, 0.3) is 0 Å². The summed E-state index contributed by atoms with van der Waals surface area (Å²) in [6.45, 7) is 3.66. The van der Waals surface area contributed by atoms with E-state index in [1.54, 1.807) is 36.4 Å². The van der Waals surface area contributed by atoms with E-state index in [0.717, 1.165) is 12.1 Å². The van der Waals surface area contributed by atoms with Gasteiger partial charge < -0.3 is 15.4 Å². The third kappa shape index (κ3) is 5.34. The molecule has 0 spiro atoms. The largest absolute Gasteiger partial charge is 0.460 e. The van der Waals surface area contributed by atoms with Crippen LogP contribution in [0.25, 0.3) is 17.1 Å². The molecule has 1 heterocycles. The smallest absolute Gasteiger partial charge is 0.336 e. The van der Waals surface area contributed by atoms with Gasteiger partial charge in [0.15, 0.2) is 5.82 Å². The van der Waals surface area contributed by atoms with E-state index >= 15 is 0 Å². The molecule has 4 aromatic rings. The molecule has 0 fully saturated rings. The Kier molecular flexibility index (Phi) is 6.48. The topological polar surface area (TPSA) is 81.1 Å². The van der Waals surface area contributed by atoms with E-state index in [1.165, 1.54) is 16.8 Å². The molecule has 0 aliphatic rings. The van der Waals surface area contributed by atoms with Gasteiger partial charge in [-0.2, -0.15) is 4.98 Å². The summed E-state index contributed by atoms with van der Waals surface area (Å²) in [6.07, 6.45) is -0.181. The second-order valence-corrected chi connectivity index (χ2v) is 7.56. The summed E-state index contributed by atoms with van der Waals surface area (Å²) in [5.41, 5.74) is 1.19. The van der Waals surface area contributed by atoms with Gasteiger partial charge >= 0.3 is 12.0 Å². The molecule has 0 unspecified atom stereocenters. The number of carbonyl (C=O) groups is 1. The third-order valence-corrected chi connectivity index (χ3v) is 4.54. The fourth-order valence-corrected chi connectivity index (χ4v) is 3.14. The van der Waals surface area contributed by atoms with Crippen LogP contribution in [0.3, 0.4) is 0 Å². The molecule has 0 aliphatic carbocycles. The molecule has 0 radical (unpaired) electrons. The Labute approximate surface area is 193 Å². The van der Waals surface area contributed by atoms with E-state index in [9.17, 15) is 18.0 Å². The highest BCUT2D eigenvalue weighted by Crippen LogP contribution is 2.26. The Morgan fingerprint density at radius 2 is 1.71 bits per heavy atom. The molecular weight excluding hydrogens is 447 g/mol. The van der Waals surface area contributed by atoms with E-state index in [-0.39, 0.29) is 17.8 Å². The van der Waals surface area contributed by atoms with Crippen molar-refractivity contribution in [3.8, 4) is 23.1 Å². The molecule has 0 saturated carbocycles. The lowest BCUT2D eigenvalue weighted by molar-refractivity contribution is 0.222. The van der Waals surface area contributed by atoms with Crippen LogP contribution >= 0.6 is 0 Å². The molecule has 2 N–H and O–H groups in total. The minimum atomic E-state index is -0.899. The Hall–Kier alpha value is -4.34. The average Bonchev–Trinajstić information content (AvgIpc) is 3.19. The maximum Gasteiger partial charge on any atom is 0.336 e. The SMILES string of the molecule is CC(C)Oc1nc(-c2cccc(F)c2)n(-c2cccc(NC(=O)Nc3ccc(F)cc3F)c2)n1. The summed E-state index contributed by atoms with van der Waals surface area (Å²) in [5.74, 6) is -1.74. The van der Waals surface area contributed by atoms with Crippen molar-refractivity contribution in [2.45, 2.75) is 20.0 Å². The first-order valence-corrected chi connectivity index (χ1v) is 10.3. The predicted molar refractivity (Wildman–Crippen MR) is 122 cm³/mol. The number of hydrogen-bond donors (Lipinski definition) is 2. The number of aromatic nitrogens is 3. The third-order valence-electron chi connectivity index (χ3n) is 4.54. The van der Waals surface area contributed by atoms with Crippen LogP contribution in [0.2, 0.25) is 0 Å². The van der Waals surface area contributed by atoms with Gasteiger partial charge in [-0.15, -0.1) is 5.10 Å². The summed E-state index contributed by atoms with van der Waals surface area (Å²) < 4.78 is 47.8. The van der Waals surface area contributed by atoms with Crippen molar-refractivity contribution < 1.29 is 22.7 Å². The predicted octanol–water partition coefficient (Wildman–Crippen LogP) is 5.78. The highest BCUT2D eigenvalue weighted by Gasteiger charge is 2.17. The number of rotatable bonds is 6. The molecule has 0 atom stereocenters. The van der Waals surface area contributed by atoms with Crippen LogP contribution in [0, 0.1) is 17.5 Å². The number of benzene rings is 3. The van der Waals surface area contributed by atoms with Crippen molar-refractivity contribution in [1.82, 2.24) is 14.8 Å². The van der Waals surface area contributed by atoms with E-state index in [1.807, 2.05) is 13.8 Å². The molecule has 2 amide bonds. The number of anilines is 2. The van der Waals surface area contributed by atoms with Crippen LogP contribution in [0.5, 0.6) is 6.01 Å². The number of halogens is 3. The molecule has 174 valence electrons. The monoisotopic (exact) mass is 467 g/mol. The van der Waals surface area contributed by atoms with E-state index in [4.69, 9.17) is 4.74 Å². The highest BCUT2D eigenvalue weighted by atomic mass is 19.1. The van der Waals surface area contributed by atoms with Gasteiger partial charge in [-0.3, -0.25) is 0 Å². The van der Waals surface area contributed by atoms with Crippen LogP contribution in [0.15, 0.2) is 66.7 Å². The van der Waals surface area contributed by atoms with Crippen LogP contribution in [0.1, 0.15) is 13.8 Å². The van der Waals surface area contributed by atoms with Crippen molar-refractivity contribution in [2.75, 3.05) is 10.6 Å². The van der Waals surface area contributed by atoms with Crippen LogP contribution < -0.4 is 15.4 Å². The number of urea groups is 1. The van der Waals surface area contributed by atoms with Crippen LogP contribution in [-0.4, -0.2) is 26.9 Å². The second-order valence-electron chi connectivity index (χ2n) is 7.56. The fourth-order valence-electron chi connectivity index (χ4n) is 3.14. The quantitative estimate of drug-likeness (QED) is 0.377. The second kappa shape index (κ2) is 9.65. The minimum absolute atomic E-state index is 0.108. The molecule has 3 aromatic carbocycles. The van der Waals surface area contributed by atoms with Crippen molar-refractivity contribution in [2.24, 2.45) is 0 Å². The normalized spacial score (nSPS) is 10.9. The number of amides is 2. The number of carbonyl (C=O) groups excluding carboxylic acids is 1. The van der Waals surface area contributed by atoms with Gasteiger partial charge in [-0.25, -0.2) is 22.6 Å². The maximum atomic E-state index is 13.9. The van der Waals surface area contributed by atoms with Gasteiger partial charge in [0.1, 0.15) is 17.5 Å². The molecule has 7 nitrogen and oxygen atoms in total. The van der Waals surface area contributed by atoms with Crippen molar-refractivity contribution in [3.63, 3.8) is 0 Å². The summed E-state index contributed by atoms with van der Waals surface area (Å²) in [7, 11) is 0. The van der Waals surface area contributed by atoms with E-state index in [2.05, 4.69) is 20.7 Å². The lowest BCUT2D eigenvalue weighted by Gasteiger charge is -2.11. The molecule has 34 heavy (non-hydrogen) atoms. The van der Waals surface area contributed by atoms with E-state index < -0.39 is 23.5 Å². The molecule has 1 aromatic heterocycles. The molecule has 0 aliphatic heterocycles. The first-order chi connectivity index (χ1) is 16.3. The molecular formula is C24H20F3N5O2.